The summed E-state index contributed by atoms with van der Waals surface area (Å²) in [5.41, 5.74) is 0. The average molecular weight is 297 g/mol. The Kier molecular flexibility index (Phi) is 7.75. The Morgan fingerprint density at radius 3 is 2.05 bits per heavy atom. The summed E-state index contributed by atoms with van der Waals surface area (Å²) in [6, 6.07) is 3.96. The number of ether oxygens (including phenoxy) is 4. The largest absolute Gasteiger partial charge is 0.493 e. The molecule has 0 spiro atoms. The first-order chi connectivity index (χ1) is 10.2. The van der Waals surface area contributed by atoms with Crippen molar-refractivity contribution in [1.82, 2.24) is 5.32 Å². The molecule has 1 aromatic carbocycles. The molecule has 0 fully saturated rings. The molecule has 120 valence electrons. The molecule has 1 N–H and O–H groups in total. The second-order valence-electron chi connectivity index (χ2n) is 4.73. The van der Waals surface area contributed by atoms with Gasteiger partial charge in [-0.1, -0.05) is 13.8 Å². The first-order valence-electron chi connectivity index (χ1n) is 7.36. The predicted octanol–water partition coefficient (Wildman–Crippen LogP) is 2.87. The van der Waals surface area contributed by atoms with E-state index < -0.39 is 0 Å². The molecule has 0 aliphatic heterocycles. The molecule has 0 aromatic heterocycles. The summed E-state index contributed by atoms with van der Waals surface area (Å²) >= 11 is 0. The van der Waals surface area contributed by atoms with E-state index in [0.717, 1.165) is 19.4 Å². The summed E-state index contributed by atoms with van der Waals surface area (Å²) in [7, 11) is 4.78. The molecule has 1 rings (SSSR count). The molecule has 1 aromatic rings. The number of nitrogens with one attached hydrogen (secondary N) is 1. The molecule has 21 heavy (non-hydrogen) atoms. The van der Waals surface area contributed by atoms with E-state index in [2.05, 4.69) is 19.2 Å². The van der Waals surface area contributed by atoms with Gasteiger partial charge in [0.05, 0.1) is 21.3 Å². The van der Waals surface area contributed by atoms with Crippen LogP contribution in [0.4, 0.5) is 0 Å². The highest BCUT2D eigenvalue weighted by Gasteiger charge is 2.14. The van der Waals surface area contributed by atoms with Gasteiger partial charge in [0.2, 0.25) is 5.75 Å². The molecule has 5 heteroatoms. The molecule has 0 aliphatic carbocycles. The lowest BCUT2D eigenvalue weighted by Gasteiger charge is -2.19. The third-order valence-electron chi connectivity index (χ3n) is 3.27. The lowest BCUT2D eigenvalue weighted by atomic mass is 10.2. The summed E-state index contributed by atoms with van der Waals surface area (Å²) in [6.45, 7) is 5.90. The average Bonchev–Trinajstić information content (AvgIpc) is 2.53. The molecular formula is C16H27NO4. The van der Waals surface area contributed by atoms with Crippen LogP contribution in [-0.4, -0.2) is 40.5 Å². The summed E-state index contributed by atoms with van der Waals surface area (Å²) in [6.07, 6.45) is 2.13. The van der Waals surface area contributed by atoms with Crippen molar-refractivity contribution in [1.29, 1.82) is 0 Å². The monoisotopic (exact) mass is 297 g/mol. The zero-order valence-electron chi connectivity index (χ0n) is 13.7. The number of hydrogen-bond acceptors (Lipinski definition) is 5. The van der Waals surface area contributed by atoms with Crippen molar-refractivity contribution < 1.29 is 18.9 Å². The van der Waals surface area contributed by atoms with Crippen LogP contribution in [0.2, 0.25) is 0 Å². The minimum absolute atomic E-state index is 0.337. The van der Waals surface area contributed by atoms with Crippen molar-refractivity contribution >= 4 is 0 Å². The summed E-state index contributed by atoms with van der Waals surface area (Å²) in [5, 5.41) is 3.46. The van der Waals surface area contributed by atoms with Gasteiger partial charge < -0.3 is 24.3 Å². The second-order valence-corrected chi connectivity index (χ2v) is 4.73. The summed E-state index contributed by atoms with van der Waals surface area (Å²) in [5.74, 6) is 2.48. The molecule has 0 aliphatic rings. The second kappa shape index (κ2) is 9.34. The zero-order valence-corrected chi connectivity index (χ0v) is 13.7. The van der Waals surface area contributed by atoms with Crippen LogP contribution >= 0.6 is 0 Å². The van der Waals surface area contributed by atoms with Crippen LogP contribution in [0.5, 0.6) is 23.0 Å². The molecule has 0 bridgehead atoms. The van der Waals surface area contributed by atoms with E-state index in [9.17, 15) is 0 Å². The SMILES string of the molecule is CCCNC(CC)COc1cc(OC)c(OC)c(OC)c1. The van der Waals surface area contributed by atoms with Crippen molar-refractivity contribution in [3.8, 4) is 23.0 Å². The minimum atomic E-state index is 0.337. The van der Waals surface area contributed by atoms with E-state index in [1.165, 1.54) is 0 Å². The van der Waals surface area contributed by atoms with Crippen molar-refractivity contribution in [3.63, 3.8) is 0 Å². The maximum atomic E-state index is 5.86. The summed E-state index contributed by atoms with van der Waals surface area (Å²) < 4.78 is 21.8. The topological polar surface area (TPSA) is 49.0 Å². The van der Waals surface area contributed by atoms with Gasteiger partial charge in [-0.05, 0) is 19.4 Å². The number of hydrogen-bond donors (Lipinski definition) is 1. The molecule has 0 amide bonds. The van der Waals surface area contributed by atoms with Gasteiger partial charge in [-0.2, -0.15) is 0 Å². The lowest BCUT2D eigenvalue weighted by molar-refractivity contribution is 0.255. The van der Waals surface area contributed by atoms with Crippen LogP contribution in [0.15, 0.2) is 12.1 Å². The fourth-order valence-electron chi connectivity index (χ4n) is 2.01. The van der Waals surface area contributed by atoms with E-state index in [1.54, 1.807) is 21.3 Å². The Balaban J connectivity index is 2.78. The quantitative estimate of drug-likeness (QED) is 0.719. The maximum Gasteiger partial charge on any atom is 0.203 e. The minimum Gasteiger partial charge on any atom is -0.493 e. The maximum absolute atomic E-state index is 5.86. The first kappa shape index (κ1) is 17.4. The first-order valence-corrected chi connectivity index (χ1v) is 7.36. The van der Waals surface area contributed by atoms with Gasteiger partial charge in [-0.15, -0.1) is 0 Å². The molecule has 1 unspecified atom stereocenters. The Bertz CT molecular complexity index is 398. The highest BCUT2D eigenvalue weighted by Crippen LogP contribution is 2.40. The van der Waals surface area contributed by atoms with Gasteiger partial charge in [0.1, 0.15) is 12.4 Å². The molecule has 0 saturated carbocycles. The van der Waals surface area contributed by atoms with Crippen molar-refractivity contribution in [2.24, 2.45) is 0 Å². The van der Waals surface area contributed by atoms with Crippen LogP contribution < -0.4 is 24.3 Å². The fraction of sp³-hybridized carbons (Fsp3) is 0.625. The third-order valence-corrected chi connectivity index (χ3v) is 3.27. The molecular weight excluding hydrogens is 270 g/mol. The van der Waals surface area contributed by atoms with Crippen LogP contribution in [-0.2, 0) is 0 Å². The van der Waals surface area contributed by atoms with E-state index in [0.29, 0.717) is 35.6 Å². The van der Waals surface area contributed by atoms with Gasteiger partial charge in [0.25, 0.3) is 0 Å². The van der Waals surface area contributed by atoms with Crippen LogP contribution in [0.3, 0.4) is 0 Å². The molecule has 1 atom stereocenters. The molecule has 5 nitrogen and oxygen atoms in total. The Morgan fingerprint density at radius 2 is 1.62 bits per heavy atom. The molecule has 0 radical (unpaired) electrons. The number of rotatable bonds is 10. The Morgan fingerprint density at radius 1 is 1.00 bits per heavy atom. The predicted molar refractivity (Wildman–Crippen MR) is 84.0 cm³/mol. The number of benzene rings is 1. The van der Waals surface area contributed by atoms with Gasteiger partial charge in [0.15, 0.2) is 11.5 Å². The van der Waals surface area contributed by atoms with Crippen LogP contribution in [0.1, 0.15) is 26.7 Å². The Hall–Kier alpha value is -1.62. The van der Waals surface area contributed by atoms with Crippen molar-refractivity contribution in [2.75, 3.05) is 34.5 Å². The van der Waals surface area contributed by atoms with Gasteiger partial charge in [0, 0.05) is 18.2 Å². The van der Waals surface area contributed by atoms with E-state index >= 15 is 0 Å². The van der Waals surface area contributed by atoms with Crippen molar-refractivity contribution in [3.05, 3.63) is 12.1 Å². The lowest BCUT2D eigenvalue weighted by Crippen LogP contribution is -2.34. The van der Waals surface area contributed by atoms with Gasteiger partial charge >= 0.3 is 0 Å². The standard InChI is InChI=1S/C16H27NO4/c1-6-8-17-12(7-2)11-21-13-9-14(18-3)16(20-5)15(10-13)19-4/h9-10,12,17H,6-8,11H2,1-5H3. The normalized spacial score (nSPS) is 11.9. The highest BCUT2D eigenvalue weighted by molar-refractivity contribution is 5.55. The van der Waals surface area contributed by atoms with E-state index in [-0.39, 0.29) is 0 Å². The van der Waals surface area contributed by atoms with Gasteiger partial charge in [-0.3, -0.25) is 0 Å². The Labute approximate surface area is 127 Å². The van der Waals surface area contributed by atoms with Gasteiger partial charge in [-0.25, -0.2) is 0 Å². The van der Waals surface area contributed by atoms with E-state index in [1.807, 2.05) is 12.1 Å². The molecule has 0 heterocycles. The van der Waals surface area contributed by atoms with Crippen molar-refractivity contribution in [2.45, 2.75) is 32.7 Å². The summed E-state index contributed by atoms with van der Waals surface area (Å²) in [4.78, 5) is 0. The zero-order chi connectivity index (χ0) is 15.7. The van der Waals surface area contributed by atoms with Crippen LogP contribution in [0, 0.1) is 0 Å². The van der Waals surface area contributed by atoms with E-state index in [4.69, 9.17) is 18.9 Å². The fourth-order valence-corrected chi connectivity index (χ4v) is 2.01. The highest BCUT2D eigenvalue weighted by atomic mass is 16.5. The molecule has 0 saturated heterocycles. The van der Waals surface area contributed by atoms with Crippen LogP contribution in [0.25, 0.3) is 0 Å². The number of methoxy groups -OCH3 is 3. The smallest absolute Gasteiger partial charge is 0.203 e. The third kappa shape index (κ3) is 5.01.